The molecule has 0 unspecified atom stereocenters. The average Bonchev–Trinajstić information content (AvgIpc) is 3.38. The summed E-state index contributed by atoms with van der Waals surface area (Å²) >= 11 is 6.21. The first-order valence-electron chi connectivity index (χ1n) is 12.7. The lowest BCUT2D eigenvalue weighted by molar-refractivity contribution is -0.0389. The van der Waals surface area contributed by atoms with Gasteiger partial charge in [-0.2, -0.15) is 0 Å². The molecule has 4 heterocycles. The zero-order chi connectivity index (χ0) is 25.9. The monoisotopic (exact) mass is 523 g/mol. The van der Waals surface area contributed by atoms with Crippen molar-refractivity contribution >= 4 is 40.3 Å². The van der Waals surface area contributed by atoms with Crippen LogP contribution in [0.4, 0.5) is 4.39 Å². The van der Waals surface area contributed by atoms with Gasteiger partial charge in [0.05, 0.1) is 11.1 Å². The van der Waals surface area contributed by atoms with E-state index < -0.39 is 17.4 Å². The number of nitrogens with one attached hydrogen (secondary N) is 1. The van der Waals surface area contributed by atoms with Gasteiger partial charge in [-0.3, -0.25) is 9.59 Å². The number of carbonyl (C=O) groups excluding carboxylic acids is 3. The number of likely N-dealkylation sites (tertiary alicyclic amines) is 2. The van der Waals surface area contributed by atoms with E-state index in [1.807, 2.05) is 4.90 Å². The summed E-state index contributed by atoms with van der Waals surface area (Å²) in [5.74, 6) is -0.886. The third-order valence-electron chi connectivity index (χ3n) is 8.10. The Morgan fingerprint density at radius 2 is 1.73 bits per heavy atom. The number of esters is 1. The van der Waals surface area contributed by atoms with Crippen LogP contribution in [0.5, 0.6) is 0 Å². The van der Waals surface area contributed by atoms with Crippen LogP contribution in [-0.2, 0) is 10.3 Å². The van der Waals surface area contributed by atoms with Crippen molar-refractivity contribution in [3.05, 3.63) is 69.6 Å². The number of fused-ring (bicyclic) bond motifs is 3. The van der Waals surface area contributed by atoms with Crippen molar-refractivity contribution in [2.45, 2.75) is 38.2 Å². The van der Waals surface area contributed by atoms with E-state index in [1.54, 1.807) is 29.2 Å². The molecule has 2 fully saturated rings. The number of aromatic amines is 1. The number of H-pyrrole nitrogens is 1. The Morgan fingerprint density at radius 3 is 2.46 bits per heavy atom. The summed E-state index contributed by atoms with van der Waals surface area (Å²) in [6, 6.07) is 9.35. The van der Waals surface area contributed by atoms with Crippen molar-refractivity contribution in [2.75, 3.05) is 26.2 Å². The van der Waals surface area contributed by atoms with Crippen LogP contribution in [0.2, 0.25) is 5.02 Å². The molecule has 192 valence electrons. The quantitative estimate of drug-likeness (QED) is 0.472. The first kappa shape index (κ1) is 24.0. The van der Waals surface area contributed by atoms with Gasteiger partial charge in [-0.1, -0.05) is 30.7 Å². The van der Waals surface area contributed by atoms with Crippen LogP contribution in [-0.4, -0.2) is 58.7 Å². The molecule has 0 aliphatic carbocycles. The molecule has 3 aliphatic rings. The Hall–Kier alpha value is -3.39. The first-order valence-corrected chi connectivity index (χ1v) is 13.1. The van der Waals surface area contributed by atoms with Gasteiger partial charge in [-0.15, -0.1) is 0 Å². The van der Waals surface area contributed by atoms with Gasteiger partial charge >= 0.3 is 5.97 Å². The summed E-state index contributed by atoms with van der Waals surface area (Å²) in [6.45, 7) is 4.15. The maximum atomic E-state index is 13.9. The molecule has 6 rings (SSSR count). The maximum Gasteiger partial charge on any atom is 0.339 e. The molecule has 2 aromatic carbocycles. The molecule has 3 aliphatic heterocycles. The van der Waals surface area contributed by atoms with E-state index in [4.69, 9.17) is 16.3 Å². The molecule has 0 atom stereocenters. The summed E-state index contributed by atoms with van der Waals surface area (Å²) < 4.78 is 19.5. The van der Waals surface area contributed by atoms with Crippen LogP contribution < -0.4 is 0 Å². The van der Waals surface area contributed by atoms with Crippen LogP contribution in [0.15, 0.2) is 36.4 Å². The lowest BCUT2D eigenvalue weighted by atomic mass is 9.83. The molecule has 0 bridgehead atoms. The molecule has 3 aromatic rings. The number of piperidine rings is 2. The van der Waals surface area contributed by atoms with Gasteiger partial charge in [0, 0.05) is 60.5 Å². The highest BCUT2D eigenvalue weighted by molar-refractivity contribution is 6.31. The second kappa shape index (κ2) is 8.87. The van der Waals surface area contributed by atoms with E-state index in [9.17, 15) is 18.8 Å². The van der Waals surface area contributed by atoms with Gasteiger partial charge in [0.1, 0.15) is 17.1 Å². The minimum Gasteiger partial charge on any atom is -0.450 e. The molecular formula is C28H27ClFN3O4. The van der Waals surface area contributed by atoms with E-state index in [2.05, 4.69) is 11.9 Å². The molecule has 0 radical (unpaired) electrons. The average molecular weight is 524 g/mol. The van der Waals surface area contributed by atoms with Crippen molar-refractivity contribution in [2.24, 2.45) is 5.92 Å². The molecule has 1 N–H and O–H groups in total. The number of carbonyl (C=O) groups is 3. The predicted molar refractivity (Wildman–Crippen MR) is 136 cm³/mol. The number of aromatic nitrogens is 1. The van der Waals surface area contributed by atoms with E-state index in [0.29, 0.717) is 72.0 Å². The minimum atomic E-state index is -0.867. The third kappa shape index (κ3) is 3.98. The highest BCUT2D eigenvalue weighted by Crippen LogP contribution is 2.44. The van der Waals surface area contributed by atoms with Crippen LogP contribution in [0.25, 0.3) is 10.9 Å². The number of amides is 2. The zero-order valence-electron chi connectivity index (χ0n) is 20.5. The number of hydrogen-bond donors (Lipinski definition) is 1. The fourth-order valence-corrected chi connectivity index (χ4v) is 6.06. The molecule has 37 heavy (non-hydrogen) atoms. The maximum absolute atomic E-state index is 13.9. The summed E-state index contributed by atoms with van der Waals surface area (Å²) in [4.78, 5) is 46.6. The third-order valence-corrected chi connectivity index (χ3v) is 8.33. The van der Waals surface area contributed by atoms with Gasteiger partial charge in [0.2, 0.25) is 0 Å². The van der Waals surface area contributed by atoms with Crippen molar-refractivity contribution in [1.82, 2.24) is 14.8 Å². The highest BCUT2D eigenvalue weighted by Gasteiger charge is 2.48. The normalized spacial score (nSPS) is 19.4. The Morgan fingerprint density at radius 1 is 1.03 bits per heavy atom. The van der Waals surface area contributed by atoms with E-state index in [1.165, 1.54) is 12.1 Å². The van der Waals surface area contributed by atoms with Crippen LogP contribution >= 0.6 is 11.6 Å². The second-order valence-corrected chi connectivity index (χ2v) is 10.8. The minimum absolute atomic E-state index is 0.184. The SMILES string of the molecule is CC1CCN(C(=O)c2[nH]c3cc(Cl)ccc3c2C(=O)N2CCC3(CC2)OC(=O)c2cc(F)ccc23)CC1. The van der Waals surface area contributed by atoms with Crippen molar-refractivity contribution in [3.63, 3.8) is 0 Å². The molecule has 7 nitrogen and oxygen atoms in total. The van der Waals surface area contributed by atoms with E-state index >= 15 is 0 Å². The van der Waals surface area contributed by atoms with Gasteiger partial charge in [-0.05, 0) is 43.0 Å². The molecular weight excluding hydrogens is 497 g/mol. The Balaban J connectivity index is 1.30. The Kier molecular flexibility index (Phi) is 5.75. The molecule has 9 heteroatoms. The fourth-order valence-electron chi connectivity index (χ4n) is 5.89. The topological polar surface area (TPSA) is 82.7 Å². The predicted octanol–water partition coefficient (Wildman–Crippen LogP) is 5.13. The molecule has 2 amide bonds. The highest BCUT2D eigenvalue weighted by atomic mass is 35.5. The number of halogens is 2. The van der Waals surface area contributed by atoms with E-state index in [0.717, 1.165) is 12.8 Å². The lowest BCUT2D eigenvalue weighted by Gasteiger charge is -2.38. The van der Waals surface area contributed by atoms with Crippen LogP contribution in [0.1, 0.15) is 69.4 Å². The van der Waals surface area contributed by atoms with Crippen LogP contribution in [0.3, 0.4) is 0 Å². The Labute approximate surface area is 218 Å². The van der Waals surface area contributed by atoms with Crippen molar-refractivity contribution in [1.29, 1.82) is 0 Å². The Bertz CT molecular complexity index is 1430. The van der Waals surface area contributed by atoms with Gasteiger partial charge in [0.15, 0.2) is 0 Å². The number of rotatable bonds is 2. The molecule has 0 saturated carbocycles. The smallest absolute Gasteiger partial charge is 0.339 e. The first-order chi connectivity index (χ1) is 17.8. The van der Waals surface area contributed by atoms with Crippen molar-refractivity contribution < 1.29 is 23.5 Å². The summed E-state index contributed by atoms with van der Waals surface area (Å²) in [7, 11) is 0. The summed E-state index contributed by atoms with van der Waals surface area (Å²) in [5, 5.41) is 1.16. The van der Waals surface area contributed by atoms with Gasteiger partial charge in [0.25, 0.3) is 11.8 Å². The lowest BCUT2D eigenvalue weighted by Crippen LogP contribution is -2.46. The van der Waals surface area contributed by atoms with Gasteiger partial charge in [-0.25, -0.2) is 9.18 Å². The van der Waals surface area contributed by atoms with Crippen LogP contribution in [0, 0.1) is 11.7 Å². The summed E-state index contributed by atoms with van der Waals surface area (Å²) in [6.07, 6.45) is 2.65. The van der Waals surface area contributed by atoms with Crippen molar-refractivity contribution in [3.8, 4) is 0 Å². The number of hydrogen-bond acceptors (Lipinski definition) is 4. The number of ether oxygens (including phenoxy) is 1. The number of nitrogens with zero attached hydrogens (tertiary/aromatic N) is 2. The van der Waals surface area contributed by atoms with E-state index in [-0.39, 0.29) is 23.1 Å². The van der Waals surface area contributed by atoms with Gasteiger partial charge < -0.3 is 19.5 Å². The molecule has 1 spiro atoms. The fraction of sp³-hybridized carbons (Fsp3) is 0.393. The standard InChI is InChI=1S/C28H27ClFN3O4/c1-16-6-10-32(11-7-16)26(35)24-23(19-4-2-17(29)14-22(19)31-24)25(34)33-12-8-28(9-13-33)21-5-3-18(30)15-20(21)27(36)37-28/h2-5,14-16,31H,6-13H2,1H3. The largest absolute Gasteiger partial charge is 0.450 e. The second-order valence-electron chi connectivity index (χ2n) is 10.4. The number of benzene rings is 2. The zero-order valence-corrected chi connectivity index (χ0v) is 21.2. The molecule has 2 saturated heterocycles. The summed E-state index contributed by atoms with van der Waals surface area (Å²) in [5.41, 5.74) is 1.31. The molecule has 1 aromatic heterocycles.